The van der Waals surface area contributed by atoms with Crippen LogP contribution in [-0.2, 0) is 6.42 Å². The van der Waals surface area contributed by atoms with Crippen LogP contribution in [-0.4, -0.2) is 35.6 Å². The molecule has 1 aromatic carbocycles. The number of anilines is 1. The van der Waals surface area contributed by atoms with Crippen molar-refractivity contribution in [1.82, 2.24) is 15.3 Å². The van der Waals surface area contributed by atoms with Crippen LogP contribution in [0.5, 0.6) is 0 Å². The summed E-state index contributed by atoms with van der Waals surface area (Å²) in [6, 6.07) is 9.57. The minimum Gasteiger partial charge on any atom is -0.341 e. The van der Waals surface area contributed by atoms with E-state index in [9.17, 15) is 0 Å². The van der Waals surface area contributed by atoms with Crippen LogP contribution in [0.15, 0.2) is 36.7 Å². The van der Waals surface area contributed by atoms with E-state index in [0.29, 0.717) is 12.1 Å². The van der Waals surface area contributed by atoms with Crippen molar-refractivity contribution in [2.75, 3.05) is 18.5 Å². The average molecular weight is 363 g/mol. The zero-order chi connectivity index (χ0) is 19.1. The summed E-state index contributed by atoms with van der Waals surface area (Å²) in [5, 5.41) is 3.44. The fraction of sp³-hybridized carbons (Fsp3) is 0.478. The summed E-state index contributed by atoms with van der Waals surface area (Å²) in [5.74, 6) is 7.18. The van der Waals surface area contributed by atoms with E-state index in [1.54, 1.807) is 0 Å². The Morgan fingerprint density at radius 2 is 1.70 bits per heavy atom. The maximum Gasteiger partial charge on any atom is 0.225 e. The molecule has 1 aliphatic carbocycles. The van der Waals surface area contributed by atoms with Crippen LogP contribution in [0, 0.1) is 11.8 Å². The van der Waals surface area contributed by atoms with Crippen molar-refractivity contribution in [2.45, 2.75) is 58.0 Å². The first-order chi connectivity index (χ1) is 13.2. The second-order valence-electron chi connectivity index (χ2n) is 7.43. The first-order valence-corrected chi connectivity index (χ1v) is 10.0. The SMILES string of the molecule is CCNC(C)Cc1ccc(C#Cc2cnc(N(C)C3CCCC3)nc2)cc1. The van der Waals surface area contributed by atoms with Gasteiger partial charge in [0.2, 0.25) is 5.95 Å². The Bertz CT molecular complexity index is 765. The van der Waals surface area contributed by atoms with Gasteiger partial charge in [-0.1, -0.05) is 43.7 Å². The minimum absolute atomic E-state index is 0.491. The number of hydrogen-bond acceptors (Lipinski definition) is 4. The molecule has 27 heavy (non-hydrogen) atoms. The van der Waals surface area contributed by atoms with E-state index >= 15 is 0 Å². The highest BCUT2D eigenvalue weighted by Crippen LogP contribution is 2.24. The molecule has 1 atom stereocenters. The predicted octanol–water partition coefficient (Wildman–Crippen LogP) is 3.80. The van der Waals surface area contributed by atoms with Gasteiger partial charge in [-0.25, -0.2) is 9.97 Å². The van der Waals surface area contributed by atoms with Gasteiger partial charge in [0.1, 0.15) is 0 Å². The van der Waals surface area contributed by atoms with E-state index in [0.717, 1.165) is 30.0 Å². The summed E-state index contributed by atoms with van der Waals surface area (Å²) in [7, 11) is 2.09. The van der Waals surface area contributed by atoms with E-state index in [4.69, 9.17) is 0 Å². The van der Waals surface area contributed by atoms with Crippen molar-refractivity contribution < 1.29 is 0 Å². The number of nitrogens with zero attached hydrogens (tertiary/aromatic N) is 3. The van der Waals surface area contributed by atoms with Gasteiger partial charge < -0.3 is 10.2 Å². The molecule has 0 spiro atoms. The maximum atomic E-state index is 4.51. The smallest absolute Gasteiger partial charge is 0.225 e. The zero-order valence-electron chi connectivity index (χ0n) is 16.7. The third kappa shape index (κ3) is 5.55. The predicted molar refractivity (Wildman–Crippen MR) is 112 cm³/mol. The normalized spacial score (nSPS) is 15.2. The number of aromatic nitrogens is 2. The zero-order valence-corrected chi connectivity index (χ0v) is 16.7. The Morgan fingerprint density at radius 3 is 2.33 bits per heavy atom. The lowest BCUT2D eigenvalue weighted by Crippen LogP contribution is -2.30. The molecule has 1 saturated carbocycles. The molecule has 0 aliphatic heterocycles. The molecule has 2 aromatic rings. The topological polar surface area (TPSA) is 41.1 Å². The number of likely N-dealkylation sites (N-methyl/N-ethyl adjacent to an activating group) is 1. The minimum atomic E-state index is 0.491. The molecule has 1 aliphatic rings. The highest BCUT2D eigenvalue weighted by molar-refractivity contribution is 5.43. The third-order valence-electron chi connectivity index (χ3n) is 5.23. The lowest BCUT2D eigenvalue weighted by atomic mass is 10.1. The molecular weight excluding hydrogens is 332 g/mol. The highest BCUT2D eigenvalue weighted by atomic mass is 15.2. The molecule has 1 N–H and O–H groups in total. The molecule has 1 unspecified atom stereocenters. The van der Waals surface area contributed by atoms with Gasteiger partial charge in [-0.15, -0.1) is 0 Å². The Balaban J connectivity index is 1.60. The van der Waals surface area contributed by atoms with E-state index in [1.165, 1.54) is 31.2 Å². The summed E-state index contributed by atoms with van der Waals surface area (Å²) < 4.78 is 0. The van der Waals surface area contributed by atoms with E-state index in [1.807, 2.05) is 12.4 Å². The first kappa shape index (κ1) is 19.4. The van der Waals surface area contributed by atoms with Gasteiger partial charge >= 0.3 is 0 Å². The van der Waals surface area contributed by atoms with Crippen molar-refractivity contribution in [3.63, 3.8) is 0 Å². The van der Waals surface area contributed by atoms with Crippen LogP contribution in [0.3, 0.4) is 0 Å². The summed E-state index contributed by atoms with van der Waals surface area (Å²) in [5.41, 5.74) is 3.20. The molecule has 0 amide bonds. The lowest BCUT2D eigenvalue weighted by Gasteiger charge is -2.23. The largest absolute Gasteiger partial charge is 0.341 e. The van der Waals surface area contributed by atoms with Gasteiger partial charge in [0.25, 0.3) is 0 Å². The number of hydrogen-bond donors (Lipinski definition) is 1. The monoisotopic (exact) mass is 362 g/mol. The fourth-order valence-corrected chi connectivity index (χ4v) is 3.67. The number of nitrogens with one attached hydrogen (secondary N) is 1. The molecular formula is C23H30N4. The summed E-state index contributed by atoms with van der Waals surface area (Å²) >= 11 is 0. The van der Waals surface area contributed by atoms with Gasteiger partial charge in [0.15, 0.2) is 0 Å². The Hall–Kier alpha value is -2.38. The van der Waals surface area contributed by atoms with Gasteiger partial charge in [-0.2, -0.15) is 0 Å². The van der Waals surface area contributed by atoms with Gasteiger partial charge in [0.05, 0.1) is 5.56 Å². The Labute approximate surface area is 163 Å². The van der Waals surface area contributed by atoms with Gasteiger partial charge in [-0.05, 0) is 50.4 Å². The molecule has 3 rings (SSSR count). The van der Waals surface area contributed by atoms with Crippen molar-refractivity contribution in [2.24, 2.45) is 0 Å². The van der Waals surface area contributed by atoms with Crippen LogP contribution in [0.4, 0.5) is 5.95 Å². The summed E-state index contributed by atoms with van der Waals surface area (Å²) in [6.45, 7) is 5.35. The maximum absolute atomic E-state index is 4.51. The quantitative estimate of drug-likeness (QED) is 0.794. The van der Waals surface area contributed by atoms with Crippen LogP contribution in [0.2, 0.25) is 0 Å². The lowest BCUT2D eigenvalue weighted by molar-refractivity contribution is 0.565. The molecule has 142 valence electrons. The van der Waals surface area contributed by atoms with Crippen molar-refractivity contribution in [1.29, 1.82) is 0 Å². The second kappa shape index (κ2) is 9.53. The molecule has 4 heteroatoms. The van der Waals surface area contributed by atoms with E-state index < -0.39 is 0 Å². The number of rotatable bonds is 6. The van der Waals surface area contributed by atoms with Gasteiger partial charge in [0, 0.05) is 37.1 Å². The second-order valence-corrected chi connectivity index (χ2v) is 7.43. The van der Waals surface area contributed by atoms with Crippen molar-refractivity contribution >= 4 is 5.95 Å². The fourth-order valence-electron chi connectivity index (χ4n) is 3.67. The molecule has 1 heterocycles. The Morgan fingerprint density at radius 1 is 1.07 bits per heavy atom. The molecule has 1 aromatic heterocycles. The average Bonchev–Trinajstić information content (AvgIpc) is 3.22. The van der Waals surface area contributed by atoms with Crippen LogP contribution < -0.4 is 10.2 Å². The van der Waals surface area contributed by atoms with E-state index in [2.05, 4.69) is 77.2 Å². The summed E-state index contributed by atoms with van der Waals surface area (Å²) in [6.07, 6.45) is 9.79. The third-order valence-corrected chi connectivity index (χ3v) is 5.23. The molecule has 0 saturated heterocycles. The van der Waals surface area contributed by atoms with Crippen LogP contribution in [0.25, 0.3) is 0 Å². The van der Waals surface area contributed by atoms with Crippen LogP contribution in [0.1, 0.15) is 56.2 Å². The van der Waals surface area contributed by atoms with Crippen molar-refractivity contribution in [3.8, 4) is 11.8 Å². The Kier molecular flexibility index (Phi) is 6.84. The van der Waals surface area contributed by atoms with E-state index in [-0.39, 0.29) is 0 Å². The van der Waals surface area contributed by atoms with Gasteiger partial charge in [-0.3, -0.25) is 0 Å². The van der Waals surface area contributed by atoms with Crippen molar-refractivity contribution in [3.05, 3.63) is 53.3 Å². The molecule has 0 bridgehead atoms. The molecule has 1 fully saturated rings. The highest BCUT2D eigenvalue weighted by Gasteiger charge is 2.21. The molecule has 4 nitrogen and oxygen atoms in total. The number of benzene rings is 1. The summed E-state index contributed by atoms with van der Waals surface area (Å²) in [4.78, 5) is 11.2. The standard InChI is InChI=1S/C23H30N4/c1-4-24-18(2)15-20-12-9-19(10-13-20)11-14-21-16-25-23(26-17-21)27(3)22-7-5-6-8-22/h9-10,12-13,16-18,22,24H,4-8,15H2,1-3H3. The van der Waals surface area contributed by atoms with Crippen LogP contribution >= 0.6 is 0 Å². The molecule has 0 radical (unpaired) electrons. The first-order valence-electron chi connectivity index (χ1n) is 10.0.